The van der Waals surface area contributed by atoms with Gasteiger partial charge in [0.05, 0.1) is 5.60 Å². The molecule has 3 N–H and O–H groups in total. The number of carbonyl (C=O) groups excluding carboxylic acids is 2. The van der Waals surface area contributed by atoms with Gasteiger partial charge in [0.25, 0.3) is 0 Å². The zero-order valence-electron chi connectivity index (χ0n) is 21.1. The Hall–Kier alpha value is -1.93. The first-order chi connectivity index (χ1) is 14.8. The van der Waals surface area contributed by atoms with E-state index in [9.17, 15) is 14.7 Å². The predicted octanol–water partition coefficient (Wildman–Crippen LogP) is 4.08. The van der Waals surface area contributed by atoms with Crippen LogP contribution in [-0.2, 0) is 20.7 Å². The van der Waals surface area contributed by atoms with Gasteiger partial charge in [-0.15, -0.1) is 0 Å². The third-order valence-corrected chi connectivity index (χ3v) is 5.67. The molecule has 0 aliphatic carbocycles. The number of rotatable bonds is 13. The van der Waals surface area contributed by atoms with Gasteiger partial charge in [0, 0.05) is 19.6 Å². The van der Waals surface area contributed by atoms with E-state index in [-0.39, 0.29) is 11.5 Å². The molecule has 0 aliphatic heterocycles. The number of methoxy groups -OCH3 is 1. The summed E-state index contributed by atoms with van der Waals surface area (Å²) < 4.78 is 10.9. The van der Waals surface area contributed by atoms with Crippen LogP contribution in [0, 0.1) is 11.3 Å². The van der Waals surface area contributed by atoms with Crippen LogP contribution in [0.5, 0.6) is 0 Å². The van der Waals surface area contributed by atoms with Crippen molar-refractivity contribution in [1.82, 2.24) is 10.5 Å². The molecule has 0 bridgehead atoms. The monoisotopic (exact) mass is 453 g/mol. The Balaban J connectivity index is 2.62. The molecule has 2 amide bonds. The van der Waals surface area contributed by atoms with Crippen molar-refractivity contribution >= 4 is 17.6 Å². The van der Waals surface area contributed by atoms with Crippen molar-refractivity contribution in [3.05, 3.63) is 11.8 Å². The topological polar surface area (TPSA) is 114 Å². The average molecular weight is 454 g/mol. The van der Waals surface area contributed by atoms with Crippen LogP contribution < -0.4 is 10.6 Å². The van der Waals surface area contributed by atoms with E-state index in [1.54, 1.807) is 33.9 Å². The minimum atomic E-state index is -1.20. The van der Waals surface area contributed by atoms with E-state index in [1.807, 2.05) is 6.92 Å². The second-order valence-electron chi connectivity index (χ2n) is 10.5. The van der Waals surface area contributed by atoms with E-state index >= 15 is 0 Å². The second-order valence-corrected chi connectivity index (χ2v) is 10.5. The summed E-state index contributed by atoms with van der Waals surface area (Å²) in [6, 6.07) is 0.968. The number of aliphatic hydroxyl groups excluding tert-OH is 1. The summed E-state index contributed by atoms with van der Waals surface area (Å²) in [6.45, 7) is 13.6. The lowest BCUT2D eigenvalue weighted by molar-refractivity contribution is -0.137. The maximum Gasteiger partial charge on any atom is 0.250 e. The molecular weight excluding hydrogens is 410 g/mol. The highest BCUT2D eigenvalue weighted by molar-refractivity contribution is 5.97. The van der Waals surface area contributed by atoms with E-state index in [1.165, 1.54) is 0 Å². The summed E-state index contributed by atoms with van der Waals surface area (Å²) in [4.78, 5) is 25.0. The van der Waals surface area contributed by atoms with Crippen LogP contribution in [-0.4, -0.2) is 46.9 Å². The zero-order chi connectivity index (χ0) is 24.5. The first kappa shape index (κ1) is 28.1. The van der Waals surface area contributed by atoms with Gasteiger partial charge in [-0.25, -0.2) is 0 Å². The van der Waals surface area contributed by atoms with Gasteiger partial charge < -0.3 is 25.0 Å². The smallest absolute Gasteiger partial charge is 0.250 e. The number of ether oxygens (including phenoxy) is 1. The minimum Gasteiger partial charge on any atom is -0.383 e. The van der Waals surface area contributed by atoms with Crippen LogP contribution in [0.1, 0.15) is 86.3 Å². The molecule has 0 fully saturated rings. The molecule has 8 heteroatoms. The van der Waals surface area contributed by atoms with Gasteiger partial charge in [-0.05, 0) is 38.0 Å². The predicted molar refractivity (Wildman–Crippen MR) is 125 cm³/mol. The second kappa shape index (κ2) is 12.3. The fourth-order valence-corrected chi connectivity index (χ4v) is 3.31. The van der Waals surface area contributed by atoms with Crippen molar-refractivity contribution in [3.8, 4) is 0 Å². The third-order valence-electron chi connectivity index (χ3n) is 5.67. The molecule has 1 aromatic rings. The Morgan fingerprint density at radius 2 is 1.84 bits per heavy atom. The average Bonchev–Trinajstić information content (AvgIpc) is 3.12. The molecule has 0 saturated heterocycles. The quantitative estimate of drug-likeness (QED) is 0.415. The lowest BCUT2D eigenvalue weighted by Gasteiger charge is -2.26. The van der Waals surface area contributed by atoms with Crippen LogP contribution in [0.3, 0.4) is 0 Å². The van der Waals surface area contributed by atoms with Gasteiger partial charge in [-0.1, -0.05) is 59.0 Å². The van der Waals surface area contributed by atoms with E-state index in [0.29, 0.717) is 30.3 Å². The summed E-state index contributed by atoms with van der Waals surface area (Å²) in [7, 11) is 1.73. The van der Waals surface area contributed by atoms with Crippen LogP contribution in [0.15, 0.2) is 10.6 Å². The molecule has 3 unspecified atom stereocenters. The largest absolute Gasteiger partial charge is 0.383 e. The number of hydrogen-bond acceptors (Lipinski definition) is 6. The van der Waals surface area contributed by atoms with Crippen LogP contribution in [0.25, 0.3) is 0 Å². The summed E-state index contributed by atoms with van der Waals surface area (Å²) in [5.41, 5.74) is -0.731. The standard InChI is InChI=1S/C24H43N3O5/c1-9-11-18(25-22(30)20(28)23(3,4)5)21(29)26-19-15-17(32-27-19)14-16(2)12-10-13-24(6,7)31-8/h15-16,18,20,28H,9-14H2,1-8H3,(H,25,30)(H,26,27,29). The highest BCUT2D eigenvalue weighted by Gasteiger charge is 2.32. The Morgan fingerprint density at radius 1 is 1.19 bits per heavy atom. The molecule has 0 radical (unpaired) electrons. The van der Waals surface area contributed by atoms with Crippen molar-refractivity contribution in [2.75, 3.05) is 12.4 Å². The Morgan fingerprint density at radius 3 is 2.41 bits per heavy atom. The van der Waals surface area contributed by atoms with Crippen molar-refractivity contribution < 1.29 is 24.0 Å². The number of carbonyl (C=O) groups is 2. The number of amides is 2. The van der Waals surface area contributed by atoms with E-state index in [0.717, 1.165) is 25.7 Å². The van der Waals surface area contributed by atoms with Crippen molar-refractivity contribution in [1.29, 1.82) is 0 Å². The van der Waals surface area contributed by atoms with E-state index < -0.39 is 23.5 Å². The highest BCUT2D eigenvalue weighted by Crippen LogP contribution is 2.22. The number of aliphatic hydroxyl groups is 1. The summed E-state index contributed by atoms with van der Waals surface area (Å²) >= 11 is 0. The number of anilines is 1. The molecule has 184 valence electrons. The van der Waals surface area contributed by atoms with Gasteiger partial charge in [-0.2, -0.15) is 0 Å². The summed E-state index contributed by atoms with van der Waals surface area (Å²) in [5, 5.41) is 19.5. The Labute approximate surface area is 192 Å². The first-order valence-electron chi connectivity index (χ1n) is 11.6. The molecule has 0 aromatic carbocycles. The minimum absolute atomic E-state index is 0.114. The molecule has 1 rings (SSSR count). The van der Waals surface area contributed by atoms with Gasteiger partial charge in [0.15, 0.2) is 5.82 Å². The van der Waals surface area contributed by atoms with Crippen LogP contribution in [0.2, 0.25) is 0 Å². The summed E-state index contributed by atoms with van der Waals surface area (Å²) in [5.74, 6) is 0.501. The molecule has 32 heavy (non-hydrogen) atoms. The summed E-state index contributed by atoms with van der Waals surface area (Å²) in [6.07, 6.45) is 3.75. The highest BCUT2D eigenvalue weighted by atomic mass is 16.5. The van der Waals surface area contributed by atoms with Crippen LogP contribution in [0.4, 0.5) is 5.82 Å². The Bertz CT molecular complexity index is 723. The van der Waals surface area contributed by atoms with Gasteiger partial charge in [0.2, 0.25) is 11.8 Å². The lowest BCUT2D eigenvalue weighted by Crippen LogP contribution is -2.50. The number of nitrogens with zero attached hydrogens (tertiary/aromatic N) is 1. The molecule has 0 aliphatic rings. The number of hydrogen-bond donors (Lipinski definition) is 3. The number of nitrogens with one attached hydrogen (secondary N) is 2. The molecular formula is C24H43N3O5. The SMILES string of the molecule is CCCC(NC(=O)C(O)C(C)(C)C)C(=O)Nc1cc(CC(C)CCCC(C)(C)OC)on1. The van der Waals surface area contributed by atoms with Crippen LogP contribution >= 0.6 is 0 Å². The molecule has 0 spiro atoms. The fourth-order valence-electron chi connectivity index (χ4n) is 3.31. The Kier molecular flexibility index (Phi) is 10.8. The molecule has 0 saturated carbocycles. The maximum absolute atomic E-state index is 12.7. The molecule has 1 aromatic heterocycles. The van der Waals surface area contributed by atoms with Crippen molar-refractivity contribution in [2.24, 2.45) is 11.3 Å². The third kappa shape index (κ3) is 9.69. The normalized spacial score (nSPS) is 15.2. The van der Waals surface area contributed by atoms with E-state index in [2.05, 4.69) is 36.6 Å². The first-order valence-corrected chi connectivity index (χ1v) is 11.6. The molecule has 3 atom stereocenters. The molecule has 1 heterocycles. The fraction of sp³-hybridized carbons (Fsp3) is 0.792. The van der Waals surface area contributed by atoms with Gasteiger partial charge >= 0.3 is 0 Å². The van der Waals surface area contributed by atoms with E-state index in [4.69, 9.17) is 9.26 Å². The zero-order valence-corrected chi connectivity index (χ0v) is 21.1. The maximum atomic E-state index is 12.7. The van der Waals surface area contributed by atoms with Crippen molar-refractivity contribution in [2.45, 2.75) is 105 Å². The molecule has 8 nitrogen and oxygen atoms in total. The van der Waals surface area contributed by atoms with Crippen molar-refractivity contribution in [3.63, 3.8) is 0 Å². The lowest BCUT2D eigenvalue weighted by atomic mass is 9.88. The van der Waals surface area contributed by atoms with Gasteiger partial charge in [-0.3, -0.25) is 9.59 Å². The number of aromatic nitrogens is 1. The van der Waals surface area contributed by atoms with Gasteiger partial charge in [0.1, 0.15) is 17.9 Å².